The van der Waals surface area contributed by atoms with Crippen LogP contribution in [0.4, 0.5) is 5.00 Å². The number of rotatable bonds is 4. The fraction of sp³-hybridized carbons (Fsp3) is 0.333. The summed E-state index contributed by atoms with van der Waals surface area (Å²) in [6, 6.07) is 6.51. The van der Waals surface area contributed by atoms with Gasteiger partial charge in [-0.15, -0.1) is 11.3 Å². The van der Waals surface area contributed by atoms with E-state index in [1.54, 1.807) is 31.3 Å². The Hall–Kier alpha value is -3.00. The van der Waals surface area contributed by atoms with Crippen LogP contribution in [0, 0.1) is 5.92 Å². The number of thiophene rings is 1. The number of benzene rings is 1. The third kappa shape index (κ3) is 3.33. The zero-order valence-electron chi connectivity index (χ0n) is 16.2. The first-order valence-corrected chi connectivity index (χ1v) is 10.3. The van der Waals surface area contributed by atoms with Crippen molar-refractivity contribution in [2.75, 3.05) is 18.9 Å². The zero-order chi connectivity index (χ0) is 20.7. The summed E-state index contributed by atoms with van der Waals surface area (Å²) in [5.74, 6) is -1.18. The SMILES string of the molecule is CNC(=O)c1c(NC(=O)CN2C(=O)c3ccccc3C2=O)sc2c1CC[C@@H](C)C2. The van der Waals surface area contributed by atoms with E-state index >= 15 is 0 Å². The molecule has 2 aromatic rings. The van der Waals surface area contributed by atoms with Gasteiger partial charge in [0.1, 0.15) is 11.5 Å². The lowest BCUT2D eigenvalue weighted by Gasteiger charge is -2.18. The minimum atomic E-state index is -0.503. The van der Waals surface area contributed by atoms with E-state index in [0.717, 1.165) is 34.6 Å². The Bertz CT molecular complexity index is 1010. The van der Waals surface area contributed by atoms with Crippen LogP contribution >= 0.6 is 11.3 Å². The fourth-order valence-electron chi connectivity index (χ4n) is 3.90. The Kier molecular flexibility index (Phi) is 4.96. The van der Waals surface area contributed by atoms with E-state index in [0.29, 0.717) is 27.6 Å². The maximum atomic E-state index is 12.7. The second kappa shape index (κ2) is 7.44. The van der Waals surface area contributed by atoms with E-state index in [-0.39, 0.29) is 5.91 Å². The van der Waals surface area contributed by atoms with Gasteiger partial charge < -0.3 is 10.6 Å². The number of carbonyl (C=O) groups excluding carboxylic acids is 4. The first-order chi connectivity index (χ1) is 13.9. The van der Waals surface area contributed by atoms with Crippen molar-refractivity contribution >= 4 is 40.0 Å². The minimum Gasteiger partial charge on any atom is -0.355 e. The van der Waals surface area contributed by atoms with Gasteiger partial charge >= 0.3 is 0 Å². The van der Waals surface area contributed by atoms with Gasteiger partial charge in [-0.05, 0) is 42.9 Å². The summed E-state index contributed by atoms with van der Waals surface area (Å²) >= 11 is 1.40. The van der Waals surface area contributed by atoms with E-state index in [1.807, 2.05) is 0 Å². The summed E-state index contributed by atoms with van der Waals surface area (Å²) in [6.07, 6.45) is 2.67. The maximum absolute atomic E-state index is 12.7. The van der Waals surface area contributed by atoms with Crippen molar-refractivity contribution in [2.24, 2.45) is 5.92 Å². The monoisotopic (exact) mass is 411 g/mol. The van der Waals surface area contributed by atoms with Crippen molar-refractivity contribution in [3.63, 3.8) is 0 Å². The average molecular weight is 411 g/mol. The highest BCUT2D eigenvalue weighted by atomic mass is 32.1. The van der Waals surface area contributed by atoms with Crippen molar-refractivity contribution in [1.29, 1.82) is 0 Å². The molecule has 1 aromatic heterocycles. The van der Waals surface area contributed by atoms with Gasteiger partial charge in [0.05, 0.1) is 16.7 Å². The second-order valence-electron chi connectivity index (χ2n) is 7.43. The molecule has 0 saturated heterocycles. The first kappa shape index (κ1) is 19.3. The first-order valence-electron chi connectivity index (χ1n) is 9.52. The molecule has 1 aromatic carbocycles. The third-order valence-corrected chi connectivity index (χ3v) is 6.57. The van der Waals surface area contributed by atoms with Crippen molar-refractivity contribution in [3.8, 4) is 0 Å². The van der Waals surface area contributed by atoms with Crippen LogP contribution in [0.15, 0.2) is 24.3 Å². The summed E-state index contributed by atoms with van der Waals surface area (Å²) in [6.45, 7) is 1.78. The lowest BCUT2D eigenvalue weighted by molar-refractivity contribution is -0.116. The molecule has 0 fully saturated rings. The van der Waals surface area contributed by atoms with Crippen molar-refractivity contribution in [1.82, 2.24) is 10.2 Å². The lowest BCUT2D eigenvalue weighted by atomic mass is 9.88. The number of hydrogen-bond donors (Lipinski definition) is 2. The van der Waals surface area contributed by atoms with Gasteiger partial charge in [-0.2, -0.15) is 0 Å². The van der Waals surface area contributed by atoms with Crippen molar-refractivity contribution in [3.05, 3.63) is 51.4 Å². The summed E-state index contributed by atoms with van der Waals surface area (Å²) in [5, 5.41) is 5.88. The number of carbonyl (C=O) groups is 4. The van der Waals surface area contributed by atoms with Gasteiger partial charge in [-0.25, -0.2) is 0 Å². The topological polar surface area (TPSA) is 95.6 Å². The van der Waals surface area contributed by atoms with Gasteiger partial charge in [-0.3, -0.25) is 24.1 Å². The maximum Gasteiger partial charge on any atom is 0.262 e. The Balaban J connectivity index is 1.56. The van der Waals surface area contributed by atoms with Gasteiger partial charge in [0.15, 0.2) is 0 Å². The fourth-order valence-corrected chi connectivity index (χ4v) is 5.32. The molecular weight excluding hydrogens is 390 g/mol. The van der Waals surface area contributed by atoms with E-state index in [9.17, 15) is 19.2 Å². The van der Waals surface area contributed by atoms with Gasteiger partial charge in [0.2, 0.25) is 5.91 Å². The van der Waals surface area contributed by atoms with Crippen LogP contribution in [-0.2, 0) is 17.6 Å². The van der Waals surface area contributed by atoms with Crippen LogP contribution < -0.4 is 10.6 Å². The molecule has 2 heterocycles. The highest BCUT2D eigenvalue weighted by Gasteiger charge is 2.36. The molecule has 29 heavy (non-hydrogen) atoms. The molecule has 0 radical (unpaired) electrons. The van der Waals surface area contributed by atoms with Crippen LogP contribution in [-0.4, -0.2) is 42.1 Å². The second-order valence-corrected chi connectivity index (χ2v) is 8.53. The third-order valence-electron chi connectivity index (χ3n) is 5.40. The largest absolute Gasteiger partial charge is 0.355 e. The summed E-state index contributed by atoms with van der Waals surface area (Å²) in [5.41, 5.74) is 2.09. The van der Waals surface area contributed by atoms with E-state index in [4.69, 9.17) is 0 Å². The summed E-state index contributed by atoms with van der Waals surface area (Å²) in [4.78, 5) is 52.1. The number of imide groups is 1. The molecular formula is C21H21N3O4S. The highest BCUT2D eigenvalue weighted by molar-refractivity contribution is 7.17. The van der Waals surface area contributed by atoms with Gasteiger partial charge in [-0.1, -0.05) is 19.1 Å². The summed E-state index contributed by atoms with van der Waals surface area (Å²) < 4.78 is 0. The lowest BCUT2D eigenvalue weighted by Crippen LogP contribution is -2.37. The molecule has 0 unspecified atom stereocenters. The Morgan fingerprint density at radius 1 is 1.17 bits per heavy atom. The molecule has 150 valence electrons. The molecule has 1 aliphatic heterocycles. The number of nitrogens with zero attached hydrogens (tertiary/aromatic N) is 1. The van der Waals surface area contributed by atoms with E-state index in [2.05, 4.69) is 17.6 Å². The minimum absolute atomic E-state index is 0.243. The predicted molar refractivity (Wildman–Crippen MR) is 109 cm³/mol. The van der Waals surface area contributed by atoms with Crippen LogP contribution in [0.5, 0.6) is 0 Å². The van der Waals surface area contributed by atoms with Crippen LogP contribution in [0.3, 0.4) is 0 Å². The average Bonchev–Trinajstić information content (AvgIpc) is 3.17. The number of nitrogens with one attached hydrogen (secondary N) is 2. The van der Waals surface area contributed by atoms with Crippen LogP contribution in [0.1, 0.15) is 54.9 Å². The molecule has 1 aliphatic carbocycles. The standard InChI is InChI=1S/C21H21N3O4S/c1-11-7-8-14-15(9-11)29-19(17(14)18(26)22-2)23-16(25)10-24-20(27)12-5-3-4-6-13(12)21(24)28/h3-6,11H,7-10H2,1-2H3,(H,22,26)(H,23,25)/t11-/m1/s1. The molecule has 1 atom stereocenters. The molecule has 2 N–H and O–H groups in total. The number of anilines is 1. The van der Waals surface area contributed by atoms with Gasteiger partial charge in [0.25, 0.3) is 17.7 Å². The Morgan fingerprint density at radius 3 is 2.45 bits per heavy atom. The normalized spacial score (nSPS) is 17.7. The predicted octanol–water partition coefficient (Wildman–Crippen LogP) is 2.47. The van der Waals surface area contributed by atoms with Crippen molar-refractivity contribution < 1.29 is 19.2 Å². The van der Waals surface area contributed by atoms with E-state index < -0.39 is 24.3 Å². The Morgan fingerprint density at radius 2 is 1.83 bits per heavy atom. The molecule has 2 aliphatic rings. The van der Waals surface area contributed by atoms with E-state index in [1.165, 1.54) is 11.3 Å². The quantitative estimate of drug-likeness (QED) is 0.756. The molecule has 0 spiro atoms. The van der Waals surface area contributed by atoms with Crippen LogP contribution in [0.2, 0.25) is 0 Å². The molecule has 4 amide bonds. The number of amides is 4. The smallest absolute Gasteiger partial charge is 0.262 e. The molecule has 0 saturated carbocycles. The Labute approximate surface area is 172 Å². The highest BCUT2D eigenvalue weighted by Crippen LogP contribution is 2.39. The van der Waals surface area contributed by atoms with Crippen LogP contribution in [0.25, 0.3) is 0 Å². The number of fused-ring (bicyclic) bond motifs is 2. The number of hydrogen-bond acceptors (Lipinski definition) is 5. The summed E-state index contributed by atoms with van der Waals surface area (Å²) in [7, 11) is 1.56. The molecule has 8 heteroatoms. The van der Waals surface area contributed by atoms with Gasteiger partial charge in [0, 0.05) is 11.9 Å². The molecule has 7 nitrogen and oxygen atoms in total. The zero-order valence-corrected chi connectivity index (χ0v) is 17.0. The van der Waals surface area contributed by atoms with Crippen molar-refractivity contribution in [2.45, 2.75) is 26.2 Å². The molecule has 4 rings (SSSR count). The molecule has 0 bridgehead atoms.